The van der Waals surface area contributed by atoms with Gasteiger partial charge in [-0.1, -0.05) is 24.4 Å². The third-order valence-electron chi connectivity index (χ3n) is 2.20. The van der Waals surface area contributed by atoms with E-state index in [1.807, 2.05) is 44.2 Å². The van der Waals surface area contributed by atoms with Crippen LogP contribution in [0.3, 0.4) is 0 Å². The van der Waals surface area contributed by atoms with Crippen LogP contribution in [-0.4, -0.2) is 16.1 Å². The molecule has 2 rings (SSSR count). The summed E-state index contributed by atoms with van der Waals surface area (Å²) in [6.45, 7) is 4.01. The van der Waals surface area contributed by atoms with Crippen LogP contribution in [0.1, 0.15) is 13.8 Å². The van der Waals surface area contributed by atoms with Gasteiger partial charge in [-0.05, 0) is 32.0 Å². The summed E-state index contributed by atoms with van der Waals surface area (Å²) in [6, 6.07) is 9.74. The van der Waals surface area contributed by atoms with E-state index in [0.29, 0.717) is 4.64 Å². The Morgan fingerprint density at radius 2 is 2.12 bits per heavy atom. The molecule has 3 nitrogen and oxygen atoms in total. The third-order valence-corrected chi connectivity index (χ3v) is 2.42. The van der Waals surface area contributed by atoms with E-state index >= 15 is 0 Å². The van der Waals surface area contributed by atoms with E-state index in [-0.39, 0.29) is 6.10 Å². The van der Waals surface area contributed by atoms with Crippen molar-refractivity contribution >= 4 is 12.2 Å². The average Bonchev–Trinajstić information content (AvgIpc) is 2.28. The van der Waals surface area contributed by atoms with Gasteiger partial charge < -0.3 is 9.72 Å². The highest BCUT2D eigenvalue weighted by Crippen LogP contribution is 2.22. The van der Waals surface area contributed by atoms with Crippen LogP contribution in [0.2, 0.25) is 0 Å². The van der Waals surface area contributed by atoms with Crippen molar-refractivity contribution in [1.29, 1.82) is 0 Å². The molecule has 0 radical (unpaired) electrons. The van der Waals surface area contributed by atoms with E-state index in [2.05, 4.69) is 9.97 Å². The van der Waals surface area contributed by atoms with Crippen molar-refractivity contribution < 1.29 is 4.74 Å². The normalized spacial score (nSPS) is 10.5. The second-order valence-electron chi connectivity index (χ2n) is 3.99. The lowest BCUT2D eigenvalue weighted by molar-refractivity contribution is 0.242. The number of ether oxygens (including phenoxy) is 1. The Kier molecular flexibility index (Phi) is 3.54. The summed E-state index contributed by atoms with van der Waals surface area (Å²) in [4.78, 5) is 7.04. The first kappa shape index (κ1) is 11.8. The SMILES string of the molecule is CC(C)Oc1cccc(-c2cc(=S)nc[nH]2)c1. The number of H-pyrrole nitrogens is 1. The average molecular weight is 246 g/mol. The number of aromatic nitrogens is 2. The topological polar surface area (TPSA) is 37.9 Å². The monoisotopic (exact) mass is 246 g/mol. The Bertz CT molecular complexity index is 563. The molecule has 0 unspecified atom stereocenters. The summed E-state index contributed by atoms with van der Waals surface area (Å²) < 4.78 is 6.23. The highest BCUT2D eigenvalue weighted by molar-refractivity contribution is 7.71. The Morgan fingerprint density at radius 3 is 2.82 bits per heavy atom. The zero-order valence-electron chi connectivity index (χ0n) is 9.81. The number of hydrogen-bond acceptors (Lipinski definition) is 3. The van der Waals surface area contributed by atoms with Crippen molar-refractivity contribution in [3.63, 3.8) is 0 Å². The fraction of sp³-hybridized carbons (Fsp3) is 0.231. The molecular formula is C13H14N2OS. The number of nitrogens with zero attached hydrogens (tertiary/aromatic N) is 1. The summed E-state index contributed by atoms with van der Waals surface area (Å²) in [6.07, 6.45) is 1.77. The molecule has 17 heavy (non-hydrogen) atoms. The molecule has 1 heterocycles. The second-order valence-corrected chi connectivity index (χ2v) is 4.41. The van der Waals surface area contributed by atoms with Crippen molar-refractivity contribution in [2.75, 3.05) is 0 Å². The molecule has 0 spiro atoms. The van der Waals surface area contributed by atoms with Crippen molar-refractivity contribution in [2.24, 2.45) is 0 Å². The van der Waals surface area contributed by atoms with Gasteiger partial charge in [0.2, 0.25) is 0 Å². The standard InChI is InChI=1S/C13H14N2OS/c1-9(2)16-11-5-3-4-10(6-11)12-7-13(17)15-8-14-12/h3-9H,1-2H3,(H,14,15,17). The molecule has 0 bridgehead atoms. The molecule has 0 aliphatic carbocycles. The van der Waals surface area contributed by atoms with Crippen molar-refractivity contribution in [3.8, 4) is 17.0 Å². The smallest absolute Gasteiger partial charge is 0.130 e. The maximum Gasteiger partial charge on any atom is 0.130 e. The molecule has 2 aromatic rings. The van der Waals surface area contributed by atoms with Crippen LogP contribution in [0.5, 0.6) is 5.75 Å². The van der Waals surface area contributed by atoms with E-state index < -0.39 is 0 Å². The number of nitrogens with one attached hydrogen (secondary N) is 1. The number of benzene rings is 1. The minimum absolute atomic E-state index is 0.168. The molecule has 0 amide bonds. The minimum atomic E-state index is 0.168. The Balaban J connectivity index is 2.36. The fourth-order valence-electron chi connectivity index (χ4n) is 1.54. The van der Waals surface area contributed by atoms with Crippen LogP contribution in [0.25, 0.3) is 11.3 Å². The van der Waals surface area contributed by atoms with E-state index in [0.717, 1.165) is 17.0 Å². The molecule has 0 aliphatic heterocycles. The molecule has 0 atom stereocenters. The summed E-state index contributed by atoms with van der Waals surface area (Å²) >= 11 is 5.04. The zero-order chi connectivity index (χ0) is 12.3. The predicted octanol–water partition coefficient (Wildman–Crippen LogP) is 3.59. The summed E-state index contributed by atoms with van der Waals surface area (Å²) in [5.74, 6) is 0.855. The van der Waals surface area contributed by atoms with E-state index in [9.17, 15) is 0 Å². The van der Waals surface area contributed by atoms with Gasteiger partial charge in [0.15, 0.2) is 0 Å². The minimum Gasteiger partial charge on any atom is -0.491 e. The van der Waals surface area contributed by atoms with Crippen molar-refractivity contribution in [3.05, 3.63) is 41.3 Å². The molecule has 0 saturated carbocycles. The number of hydrogen-bond donors (Lipinski definition) is 1. The Morgan fingerprint density at radius 1 is 1.29 bits per heavy atom. The van der Waals surface area contributed by atoms with Gasteiger partial charge in [0.05, 0.1) is 12.4 Å². The molecule has 1 aromatic heterocycles. The maximum atomic E-state index is 5.65. The zero-order valence-corrected chi connectivity index (χ0v) is 10.6. The van der Waals surface area contributed by atoms with Gasteiger partial charge >= 0.3 is 0 Å². The highest BCUT2D eigenvalue weighted by Gasteiger charge is 2.02. The predicted molar refractivity (Wildman–Crippen MR) is 70.6 cm³/mol. The molecular weight excluding hydrogens is 232 g/mol. The molecule has 1 N–H and O–H groups in total. The van der Waals surface area contributed by atoms with Crippen molar-refractivity contribution in [2.45, 2.75) is 20.0 Å². The van der Waals surface area contributed by atoms with Gasteiger partial charge in [-0.25, -0.2) is 4.98 Å². The van der Waals surface area contributed by atoms with Crippen LogP contribution < -0.4 is 4.74 Å². The summed E-state index contributed by atoms with van der Waals surface area (Å²) in [7, 11) is 0. The van der Waals surface area contributed by atoms with Crippen LogP contribution in [0.15, 0.2) is 36.7 Å². The number of rotatable bonds is 3. The maximum absolute atomic E-state index is 5.65. The van der Waals surface area contributed by atoms with Crippen LogP contribution in [-0.2, 0) is 0 Å². The molecule has 0 aliphatic rings. The summed E-state index contributed by atoms with van der Waals surface area (Å²) in [5, 5.41) is 0. The first-order valence-corrected chi connectivity index (χ1v) is 5.88. The van der Waals surface area contributed by atoms with Crippen LogP contribution in [0, 0.1) is 4.64 Å². The van der Waals surface area contributed by atoms with E-state index in [1.165, 1.54) is 0 Å². The summed E-state index contributed by atoms with van der Waals surface area (Å²) in [5.41, 5.74) is 1.98. The van der Waals surface area contributed by atoms with Crippen molar-refractivity contribution in [1.82, 2.24) is 9.97 Å². The lowest BCUT2D eigenvalue weighted by Crippen LogP contribution is -2.05. The van der Waals surface area contributed by atoms with Gasteiger partial charge in [-0.3, -0.25) is 0 Å². The van der Waals surface area contributed by atoms with Crippen LogP contribution >= 0.6 is 12.2 Å². The fourth-order valence-corrected chi connectivity index (χ4v) is 1.71. The molecule has 88 valence electrons. The Labute approximate surface area is 105 Å². The van der Waals surface area contributed by atoms with E-state index in [4.69, 9.17) is 17.0 Å². The first-order chi connectivity index (χ1) is 8.15. The number of aromatic amines is 1. The first-order valence-electron chi connectivity index (χ1n) is 5.47. The second kappa shape index (κ2) is 5.10. The van der Waals surface area contributed by atoms with Gasteiger partial charge in [0.25, 0.3) is 0 Å². The molecule has 4 heteroatoms. The van der Waals surface area contributed by atoms with Gasteiger partial charge in [-0.2, -0.15) is 0 Å². The molecule has 0 fully saturated rings. The third kappa shape index (κ3) is 3.14. The quantitative estimate of drug-likeness (QED) is 0.841. The van der Waals surface area contributed by atoms with Gasteiger partial charge in [0.1, 0.15) is 10.4 Å². The molecule has 1 aromatic carbocycles. The highest BCUT2D eigenvalue weighted by atomic mass is 32.1. The van der Waals surface area contributed by atoms with Gasteiger partial charge in [-0.15, -0.1) is 0 Å². The molecule has 0 saturated heterocycles. The Hall–Kier alpha value is -1.68. The lowest BCUT2D eigenvalue weighted by atomic mass is 10.1. The van der Waals surface area contributed by atoms with E-state index in [1.54, 1.807) is 6.33 Å². The van der Waals surface area contributed by atoms with Gasteiger partial charge in [0, 0.05) is 11.3 Å². The lowest BCUT2D eigenvalue weighted by Gasteiger charge is -2.10. The largest absolute Gasteiger partial charge is 0.491 e. The van der Waals surface area contributed by atoms with Crippen LogP contribution in [0.4, 0.5) is 0 Å².